The number of carbonyl (C=O) groups excluding carboxylic acids is 1. The molecule has 194 valence electrons. The van der Waals surface area contributed by atoms with Crippen LogP contribution in [0.4, 0.5) is 11.6 Å². The third kappa shape index (κ3) is 5.03. The molecule has 0 unspecified atom stereocenters. The highest BCUT2D eigenvalue weighted by atomic mass is 32.2. The summed E-state index contributed by atoms with van der Waals surface area (Å²) in [5, 5.41) is 21.8. The zero-order chi connectivity index (χ0) is 26.6. The molecule has 0 bridgehead atoms. The maximum atomic E-state index is 13.8. The van der Waals surface area contributed by atoms with Crippen LogP contribution in [-0.2, 0) is 10.5 Å². The van der Waals surface area contributed by atoms with E-state index in [0.717, 1.165) is 5.56 Å². The summed E-state index contributed by atoms with van der Waals surface area (Å²) in [5.74, 6) is 1.74. The predicted molar refractivity (Wildman–Crippen MR) is 147 cm³/mol. The minimum atomic E-state index is -0.631. The van der Waals surface area contributed by atoms with E-state index in [1.54, 1.807) is 42.1 Å². The van der Waals surface area contributed by atoms with Crippen LogP contribution in [0.3, 0.4) is 0 Å². The van der Waals surface area contributed by atoms with Crippen LogP contribution in [0.5, 0.6) is 17.2 Å². The fraction of sp³-hybridized carbons (Fsp3) is 0.179. The van der Waals surface area contributed by atoms with Gasteiger partial charge in [-0.2, -0.15) is 4.98 Å². The van der Waals surface area contributed by atoms with Gasteiger partial charge in [0.25, 0.3) is 5.91 Å². The second kappa shape index (κ2) is 10.9. The van der Waals surface area contributed by atoms with Crippen molar-refractivity contribution in [3.8, 4) is 17.2 Å². The molecule has 3 aromatic carbocycles. The van der Waals surface area contributed by atoms with Crippen LogP contribution in [0.15, 0.2) is 89.2 Å². The molecule has 1 amide bonds. The summed E-state index contributed by atoms with van der Waals surface area (Å²) in [6, 6.07) is 21.7. The highest BCUT2D eigenvalue weighted by Gasteiger charge is 2.35. The van der Waals surface area contributed by atoms with E-state index in [9.17, 15) is 9.90 Å². The molecule has 1 aliphatic heterocycles. The number of amides is 1. The largest absolute Gasteiger partial charge is 0.504 e. The number of aromatic hydroxyl groups is 1. The smallest absolute Gasteiger partial charge is 0.255 e. The number of allylic oxidation sites excluding steroid dienone is 1. The normalized spacial score (nSPS) is 14.4. The van der Waals surface area contributed by atoms with Gasteiger partial charge >= 0.3 is 0 Å². The number of carbonyl (C=O) groups is 1. The quantitative estimate of drug-likeness (QED) is 0.267. The molecule has 1 aromatic heterocycles. The van der Waals surface area contributed by atoms with Crippen molar-refractivity contribution in [2.24, 2.45) is 0 Å². The van der Waals surface area contributed by atoms with Gasteiger partial charge in [0.15, 0.2) is 11.5 Å². The van der Waals surface area contributed by atoms with Crippen LogP contribution >= 0.6 is 11.8 Å². The number of methoxy groups -OCH3 is 2. The lowest BCUT2D eigenvalue weighted by atomic mass is 9.94. The molecule has 1 aliphatic rings. The Morgan fingerprint density at radius 1 is 1.05 bits per heavy atom. The second-order valence-electron chi connectivity index (χ2n) is 8.59. The van der Waals surface area contributed by atoms with E-state index < -0.39 is 6.04 Å². The van der Waals surface area contributed by atoms with E-state index in [2.05, 4.69) is 22.8 Å². The highest BCUT2D eigenvalue weighted by molar-refractivity contribution is 7.98. The number of hydrogen-bond donors (Lipinski definition) is 3. The lowest BCUT2D eigenvalue weighted by Gasteiger charge is -2.29. The van der Waals surface area contributed by atoms with Crippen molar-refractivity contribution < 1.29 is 19.4 Å². The van der Waals surface area contributed by atoms with E-state index in [-0.39, 0.29) is 11.7 Å². The van der Waals surface area contributed by atoms with E-state index in [4.69, 9.17) is 19.6 Å². The molecule has 4 aromatic rings. The lowest BCUT2D eigenvalue weighted by molar-refractivity contribution is -0.113. The number of nitrogens with zero attached hydrogens (tertiary/aromatic N) is 3. The van der Waals surface area contributed by atoms with Crippen LogP contribution in [0.1, 0.15) is 24.1 Å². The third-order valence-corrected chi connectivity index (χ3v) is 7.07. The van der Waals surface area contributed by atoms with Gasteiger partial charge in [-0.25, -0.2) is 4.68 Å². The van der Waals surface area contributed by atoms with Gasteiger partial charge in [-0.05, 0) is 42.3 Å². The average Bonchev–Trinajstić information content (AvgIpc) is 3.34. The number of para-hydroxylation sites is 2. The number of nitrogens with one attached hydrogen (secondary N) is 2. The van der Waals surface area contributed by atoms with Gasteiger partial charge in [0, 0.05) is 11.4 Å². The van der Waals surface area contributed by atoms with E-state index in [1.807, 2.05) is 37.3 Å². The molecular formula is C28H27N5O4S. The molecule has 1 atom stereocenters. The molecule has 2 heterocycles. The number of ether oxygens (including phenoxy) is 2. The predicted octanol–water partition coefficient (Wildman–Crippen LogP) is 5.22. The Morgan fingerprint density at radius 3 is 2.55 bits per heavy atom. The van der Waals surface area contributed by atoms with Crippen molar-refractivity contribution in [2.45, 2.75) is 23.9 Å². The molecule has 9 nitrogen and oxygen atoms in total. The number of phenolic OH excluding ortho intramolecular Hbond substituents is 1. The minimum Gasteiger partial charge on any atom is -0.504 e. The Kier molecular flexibility index (Phi) is 7.23. The van der Waals surface area contributed by atoms with Gasteiger partial charge in [0.1, 0.15) is 11.8 Å². The summed E-state index contributed by atoms with van der Waals surface area (Å²) in [6.45, 7) is 1.83. The number of fused-ring (bicyclic) bond motifs is 1. The van der Waals surface area contributed by atoms with Crippen LogP contribution in [0.2, 0.25) is 0 Å². The molecule has 0 aliphatic carbocycles. The zero-order valence-corrected chi connectivity index (χ0v) is 22.0. The number of rotatable bonds is 8. The van der Waals surface area contributed by atoms with Crippen LogP contribution < -0.4 is 20.1 Å². The Hall–Kier alpha value is -4.44. The molecule has 0 saturated heterocycles. The fourth-order valence-electron chi connectivity index (χ4n) is 4.32. The molecule has 0 fully saturated rings. The first-order valence-corrected chi connectivity index (χ1v) is 12.9. The standard InChI is InChI=1S/C28H27N5O4S/c1-17-24(26(35)30-20-11-7-8-12-22(20)36-2)25(19-13-14-21(34)23(15-19)37-3)33-27(29-17)31-28(32-33)38-16-18-9-5-4-6-10-18/h4-15,25,34H,16H2,1-3H3,(H,30,35)(H,29,31,32)/t25-/m1/s1. The number of hydrogen-bond acceptors (Lipinski definition) is 8. The van der Waals surface area contributed by atoms with Crippen LogP contribution in [-0.4, -0.2) is 40.0 Å². The number of benzene rings is 3. The Labute approximate surface area is 224 Å². The van der Waals surface area contributed by atoms with Crippen molar-refractivity contribution in [2.75, 3.05) is 24.9 Å². The zero-order valence-electron chi connectivity index (χ0n) is 21.1. The Morgan fingerprint density at radius 2 is 1.79 bits per heavy atom. The highest BCUT2D eigenvalue weighted by Crippen LogP contribution is 2.40. The first-order chi connectivity index (χ1) is 18.5. The average molecular weight is 530 g/mol. The van der Waals surface area contributed by atoms with Crippen LogP contribution in [0.25, 0.3) is 0 Å². The molecule has 0 radical (unpaired) electrons. The number of phenols is 1. The molecule has 38 heavy (non-hydrogen) atoms. The third-order valence-electron chi connectivity index (χ3n) is 6.16. The summed E-state index contributed by atoms with van der Waals surface area (Å²) in [6.07, 6.45) is 0. The molecule has 0 spiro atoms. The van der Waals surface area contributed by atoms with Gasteiger partial charge in [-0.3, -0.25) is 4.79 Å². The first-order valence-electron chi connectivity index (χ1n) is 11.9. The monoisotopic (exact) mass is 529 g/mol. The number of anilines is 2. The topological polar surface area (TPSA) is 111 Å². The Balaban J connectivity index is 1.54. The van der Waals surface area contributed by atoms with E-state index in [0.29, 0.717) is 50.9 Å². The van der Waals surface area contributed by atoms with Crippen molar-refractivity contribution in [1.82, 2.24) is 14.8 Å². The van der Waals surface area contributed by atoms with Crippen molar-refractivity contribution in [1.29, 1.82) is 0 Å². The van der Waals surface area contributed by atoms with Gasteiger partial charge in [-0.15, -0.1) is 5.10 Å². The number of thioether (sulfide) groups is 1. The molecule has 0 saturated carbocycles. The van der Waals surface area contributed by atoms with Crippen molar-refractivity contribution in [3.63, 3.8) is 0 Å². The fourth-order valence-corrected chi connectivity index (χ4v) is 5.10. The molecule has 10 heteroatoms. The summed E-state index contributed by atoms with van der Waals surface area (Å²) >= 11 is 1.51. The first kappa shape index (κ1) is 25.2. The SMILES string of the molecule is COc1cc([C@@H]2C(C(=O)Nc3ccccc3OC)=C(C)Nc3nc(SCc4ccccc4)nn32)ccc1O. The number of aromatic nitrogens is 3. The summed E-state index contributed by atoms with van der Waals surface area (Å²) in [5.41, 5.74) is 3.49. The maximum absolute atomic E-state index is 13.8. The second-order valence-corrected chi connectivity index (χ2v) is 9.53. The molecule has 3 N–H and O–H groups in total. The lowest BCUT2D eigenvalue weighted by Crippen LogP contribution is -2.31. The minimum absolute atomic E-state index is 0.00355. The summed E-state index contributed by atoms with van der Waals surface area (Å²) in [4.78, 5) is 18.5. The maximum Gasteiger partial charge on any atom is 0.255 e. The van der Waals surface area contributed by atoms with Gasteiger partial charge < -0.3 is 25.2 Å². The summed E-state index contributed by atoms with van der Waals surface area (Å²) < 4.78 is 12.5. The van der Waals surface area contributed by atoms with Crippen LogP contribution in [0, 0.1) is 0 Å². The van der Waals surface area contributed by atoms with E-state index >= 15 is 0 Å². The van der Waals surface area contributed by atoms with E-state index in [1.165, 1.54) is 18.9 Å². The van der Waals surface area contributed by atoms with Gasteiger partial charge in [0.05, 0.1) is 25.5 Å². The van der Waals surface area contributed by atoms with Crippen molar-refractivity contribution >= 4 is 29.3 Å². The van der Waals surface area contributed by atoms with Gasteiger partial charge in [-0.1, -0.05) is 60.3 Å². The molecular weight excluding hydrogens is 502 g/mol. The van der Waals surface area contributed by atoms with Gasteiger partial charge in [0.2, 0.25) is 11.1 Å². The Bertz CT molecular complexity index is 1500. The summed E-state index contributed by atoms with van der Waals surface area (Å²) in [7, 11) is 3.04. The molecule has 5 rings (SSSR count). The van der Waals surface area contributed by atoms with Crippen molar-refractivity contribution in [3.05, 3.63) is 95.2 Å².